The first-order valence-corrected chi connectivity index (χ1v) is 8.36. The van der Waals surface area contributed by atoms with Gasteiger partial charge in [-0.2, -0.15) is 0 Å². The average Bonchev–Trinajstić information content (AvgIpc) is 2.63. The highest BCUT2D eigenvalue weighted by atomic mass is 15.4. The Morgan fingerprint density at radius 1 is 0.792 bits per heavy atom. The maximum Gasteiger partial charge on any atom is 0.285 e. The standard InChI is InChI=1S/C22H22N2/c1-18-10-9-11-19-16-23(20-12-5-3-6-13-20)17-24(2,22(18)19)21-14-7-4-8-15-21/h3-16H,17H2,1-2H3/q+2. The van der Waals surface area contributed by atoms with Crippen LogP contribution in [-0.2, 0) is 0 Å². The molecule has 2 heteroatoms. The minimum absolute atomic E-state index is 0.772. The van der Waals surface area contributed by atoms with Crippen LogP contribution in [0.5, 0.6) is 0 Å². The second-order valence-corrected chi connectivity index (χ2v) is 6.62. The SMILES string of the molecule is Cc1cccc2c1[N+](C)(c1ccccc1)C[N+](c1ccccc1)=C2. The van der Waals surface area contributed by atoms with Crippen molar-refractivity contribution in [2.24, 2.45) is 0 Å². The number of hydrogen-bond acceptors (Lipinski definition) is 0. The summed E-state index contributed by atoms with van der Waals surface area (Å²) < 4.78 is 3.13. The molecule has 1 heterocycles. The van der Waals surface area contributed by atoms with Crippen LogP contribution in [0.15, 0.2) is 78.9 Å². The largest absolute Gasteiger partial charge is 0.285 e. The summed E-state index contributed by atoms with van der Waals surface area (Å²) >= 11 is 0. The van der Waals surface area contributed by atoms with Crippen molar-refractivity contribution < 1.29 is 4.58 Å². The highest BCUT2D eigenvalue weighted by Crippen LogP contribution is 2.40. The van der Waals surface area contributed by atoms with Gasteiger partial charge >= 0.3 is 0 Å². The lowest BCUT2D eigenvalue weighted by Crippen LogP contribution is -2.48. The summed E-state index contributed by atoms with van der Waals surface area (Å²) in [4.78, 5) is 0. The van der Waals surface area contributed by atoms with Gasteiger partial charge in [0, 0.05) is 17.7 Å². The van der Waals surface area contributed by atoms with Gasteiger partial charge < -0.3 is 0 Å². The molecular formula is C22H22N2+2. The normalized spacial score (nSPS) is 19.5. The monoisotopic (exact) mass is 314 g/mol. The summed E-state index contributed by atoms with van der Waals surface area (Å²) in [6, 6.07) is 28.0. The number of rotatable bonds is 2. The van der Waals surface area contributed by atoms with Gasteiger partial charge in [0.1, 0.15) is 11.3 Å². The van der Waals surface area contributed by atoms with E-state index in [0.29, 0.717) is 0 Å². The van der Waals surface area contributed by atoms with E-state index in [-0.39, 0.29) is 0 Å². The molecule has 0 aliphatic carbocycles. The number of quaternary nitrogens is 1. The molecule has 24 heavy (non-hydrogen) atoms. The third kappa shape index (κ3) is 2.36. The summed E-state index contributed by atoms with van der Waals surface area (Å²) in [6.07, 6.45) is 2.28. The molecule has 0 saturated heterocycles. The second-order valence-electron chi connectivity index (χ2n) is 6.62. The zero-order valence-electron chi connectivity index (χ0n) is 14.2. The summed E-state index contributed by atoms with van der Waals surface area (Å²) in [6.45, 7) is 3.09. The molecule has 1 aliphatic heterocycles. The van der Waals surface area contributed by atoms with E-state index in [9.17, 15) is 0 Å². The molecule has 3 aromatic carbocycles. The lowest BCUT2D eigenvalue weighted by Gasteiger charge is -2.35. The van der Waals surface area contributed by atoms with Crippen LogP contribution >= 0.6 is 0 Å². The fourth-order valence-electron chi connectivity index (χ4n) is 3.79. The summed E-state index contributed by atoms with van der Waals surface area (Å²) in [7, 11) is 2.31. The molecule has 0 spiro atoms. The van der Waals surface area contributed by atoms with Crippen molar-refractivity contribution in [1.82, 2.24) is 4.48 Å². The summed E-state index contributed by atoms with van der Waals surface area (Å²) in [5, 5.41) is 0. The molecule has 0 bridgehead atoms. The molecule has 4 rings (SSSR count). The Balaban J connectivity index is 1.95. The minimum atomic E-state index is 0.772. The summed E-state index contributed by atoms with van der Waals surface area (Å²) in [5.74, 6) is 0. The first kappa shape index (κ1) is 14.9. The third-order valence-corrected chi connectivity index (χ3v) is 4.91. The molecule has 0 fully saturated rings. The first-order valence-electron chi connectivity index (χ1n) is 8.36. The average molecular weight is 314 g/mol. The maximum atomic E-state index is 2.36. The molecule has 0 saturated carbocycles. The van der Waals surface area contributed by atoms with Gasteiger partial charge in [-0.15, -0.1) is 4.58 Å². The van der Waals surface area contributed by atoms with Gasteiger partial charge in [0.05, 0.1) is 7.05 Å². The van der Waals surface area contributed by atoms with Gasteiger partial charge in [0.15, 0.2) is 11.9 Å². The highest BCUT2D eigenvalue weighted by Gasteiger charge is 2.40. The van der Waals surface area contributed by atoms with Crippen molar-refractivity contribution in [3.63, 3.8) is 0 Å². The molecule has 3 aromatic rings. The van der Waals surface area contributed by atoms with Gasteiger partial charge in [-0.3, -0.25) is 0 Å². The molecule has 2 nitrogen and oxygen atoms in total. The van der Waals surface area contributed by atoms with E-state index >= 15 is 0 Å². The Morgan fingerprint density at radius 2 is 1.46 bits per heavy atom. The zero-order valence-corrected chi connectivity index (χ0v) is 14.2. The molecule has 0 aromatic heterocycles. The number of benzene rings is 3. The Kier molecular flexibility index (Phi) is 3.55. The lowest BCUT2D eigenvalue weighted by atomic mass is 10.0. The number of hydrogen-bond donors (Lipinski definition) is 0. The van der Waals surface area contributed by atoms with E-state index in [1.54, 1.807) is 0 Å². The van der Waals surface area contributed by atoms with Gasteiger partial charge in [-0.05, 0) is 25.1 Å². The van der Waals surface area contributed by atoms with Crippen molar-refractivity contribution in [3.05, 3.63) is 90.0 Å². The fraction of sp³-hybridized carbons (Fsp3) is 0.136. The van der Waals surface area contributed by atoms with Crippen LogP contribution in [0, 0.1) is 6.92 Å². The Labute approximate surface area is 143 Å². The number of nitrogens with zero attached hydrogens (tertiary/aromatic N) is 2. The van der Waals surface area contributed by atoms with E-state index in [2.05, 4.69) is 104 Å². The van der Waals surface area contributed by atoms with Crippen molar-refractivity contribution in [2.75, 3.05) is 13.7 Å². The van der Waals surface area contributed by atoms with Gasteiger partial charge in [0.25, 0.3) is 6.67 Å². The maximum absolute atomic E-state index is 2.36. The molecule has 118 valence electrons. The van der Waals surface area contributed by atoms with Crippen LogP contribution in [0.2, 0.25) is 0 Å². The van der Waals surface area contributed by atoms with Crippen molar-refractivity contribution >= 4 is 23.3 Å². The van der Waals surface area contributed by atoms with Crippen LogP contribution < -0.4 is 4.48 Å². The van der Waals surface area contributed by atoms with E-state index in [1.807, 2.05) is 0 Å². The van der Waals surface area contributed by atoms with Crippen molar-refractivity contribution in [2.45, 2.75) is 6.92 Å². The van der Waals surface area contributed by atoms with Crippen LogP contribution in [0.4, 0.5) is 17.1 Å². The van der Waals surface area contributed by atoms with E-state index in [0.717, 1.165) is 11.2 Å². The molecule has 1 aliphatic rings. The first-order chi connectivity index (χ1) is 11.7. The summed E-state index contributed by atoms with van der Waals surface area (Å²) in [5.41, 5.74) is 6.54. The molecule has 1 atom stereocenters. The number of fused-ring (bicyclic) bond motifs is 1. The molecule has 0 amide bonds. The van der Waals surface area contributed by atoms with Gasteiger partial charge in [-0.1, -0.05) is 48.5 Å². The Bertz CT molecular complexity index is 898. The van der Waals surface area contributed by atoms with Crippen molar-refractivity contribution in [3.8, 4) is 0 Å². The predicted octanol–water partition coefficient (Wildman–Crippen LogP) is 5.00. The Hall–Kier alpha value is -2.71. The number of aryl methyl sites for hydroxylation is 1. The third-order valence-electron chi connectivity index (χ3n) is 4.91. The smallest absolute Gasteiger partial charge is 0.205 e. The van der Waals surface area contributed by atoms with Gasteiger partial charge in [-0.25, -0.2) is 4.48 Å². The molecular weight excluding hydrogens is 292 g/mol. The molecule has 1 unspecified atom stereocenters. The van der Waals surface area contributed by atoms with E-state index in [1.165, 1.54) is 28.2 Å². The Morgan fingerprint density at radius 3 is 2.17 bits per heavy atom. The fourth-order valence-corrected chi connectivity index (χ4v) is 3.79. The van der Waals surface area contributed by atoms with Crippen LogP contribution in [0.1, 0.15) is 11.1 Å². The van der Waals surface area contributed by atoms with Crippen molar-refractivity contribution in [1.29, 1.82) is 0 Å². The number of para-hydroxylation sites is 3. The van der Waals surface area contributed by atoms with Crippen LogP contribution in [0.25, 0.3) is 0 Å². The topological polar surface area (TPSA) is 3.01 Å². The quantitative estimate of drug-likeness (QED) is 0.463. The molecule has 0 N–H and O–H groups in total. The lowest BCUT2D eigenvalue weighted by molar-refractivity contribution is -0.456. The van der Waals surface area contributed by atoms with Gasteiger partial charge in [0.2, 0.25) is 5.69 Å². The zero-order chi connectivity index (χ0) is 16.6. The highest BCUT2D eigenvalue weighted by molar-refractivity contribution is 5.89. The predicted molar refractivity (Wildman–Crippen MR) is 101 cm³/mol. The van der Waals surface area contributed by atoms with E-state index in [4.69, 9.17) is 0 Å². The second kappa shape index (κ2) is 5.73. The molecule has 0 radical (unpaired) electrons. The van der Waals surface area contributed by atoms with Crippen LogP contribution in [0.3, 0.4) is 0 Å². The van der Waals surface area contributed by atoms with Crippen LogP contribution in [-0.4, -0.2) is 24.5 Å². The van der Waals surface area contributed by atoms with E-state index < -0.39 is 0 Å². The minimum Gasteiger partial charge on any atom is -0.205 e.